The average molecular weight is 587 g/mol. The van der Waals surface area contributed by atoms with E-state index in [0.29, 0.717) is 24.2 Å². The molecule has 0 saturated carbocycles. The summed E-state index contributed by atoms with van der Waals surface area (Å²) in [5.74, 6) is -0.331. The number of rotatable bonds is 4. The van der Waals surface area contributed by atoms with Crippen molar-refractivity contribution >= 4 is 12.2 Å². The normalized spacial score (nSPS) is 17.0. The fourth-order valence-corrected chi connectivity index (χ4v) is 5.40. The van der Waals surface area contributed by atoms with Gasteiger partial charge in [-0.3, -0.25) is 4.90 Å². The maximum Gasteiger partial charge on any atom is 0.410 e. The minimum atomic E-state index is -4.41. The summed E-state index contributed by atoms with van der Waals surface area (Å²) in [6.07, 6.45) is -5.91. The molecule has 3 heterocycles. The maximum atomic E-state index is 13.3. The van der Waals surface area contributed by atoms with Gasteiger partial charge in [0.2, 0.25) is 0 Å². The third-order valence-electron chi connectivity index (χ3n) is 7.17. The summed E-state index contributed by atoms with van der Waals surface area (Å²) >= 11 is 0. The topological polar surface area (TPSA) is 97.1 Å². The van der Waals surface area contributed by atoms with E-state index in [2.05, 4.69) is 0 Å². The van der Waals surface area contributed by atoms with Gasteiger partial charge in [-0.2, -0.15) is 18.3 Å². The van der Waals surface area contributed by atoms with Crippen LogP contribution in [-0.4, -0.2) is 68.3 Å². The number of hydrogen-bond donors (Lipinski definition) is 1. The highest BCUT2D eigenvalue weighted by molar-refractivity contribution is 5.71. The molecular formula is C30H33F3N4O5. The first kappa shape index (κ1) is 29.3. The molecule has 1 aromatic heterocycles. The molecule has 3 aromatic rings. The van der Waals surface area contributed by atoms with Crippen molar-refractivity contribution in [3.63, 3.8) is 0 Å². The number of halogens is 3. The number of ether oxygens (including phenoxy) is 2. The highest BCUT2D eigenvalue weighted by Gasteiger charge is 2.42. The highest BCUT2D eigenvalue weighted by Crippen LogP contribution is 2.39. The number of aromatic hydroxyl groups is 1. The van der Waals surface area contributed by atoms with Crippen LogP contribution in [0.3, 0.4) is 0 Å². The van der Waals surface area contributed by atoms with Gasteiger partial charge in [0.15, 0.2) is 0 Å². The first-order valence-corrected chi connectivity index (χ1v) is 13.7. The van der Waals surface area contributed by atoms with Crippen LogP contribution in [0.1, 0.15) is 54.9 Å². The van der Waals surface area contributed by atoms with Crippen molar-refractivity contribution in [3.05, 3.63) is 76.6 Å². The van der Waals surface area contributed by atoms with Crippen molar-refractivity contribution in [2.24, 2.45) is 0 Å². The van der Waals surface area contributed by atoms with E-state index in [9.17, 15) is 27.9 Å². The molecule has 1 atom stereocenters. The summed E-state index contributed by atoms with van der Waals surface area (Å²) in [7, 11) is 0. The lowest BCUT2D eigenvalue weighted by Gasteiger charge is -2.38. The van der Waals surface area contributed by atoms with E-state index in [1.165, 1.54) is 12.1 Å². The maximum absolute atomic E-state index is 13.3. The van der Waals surface area contributed by atoms with Crippen LogP contribution in [0.15, 0.2) is 48.5 Å². The molecule has 0 radical (unpaired) electrons. The summed E-state index contributed by atoms with van der Waals surface area (Å²) in [4.78, 5) is 29.6. The van der Waals surface area contributed by atoms with Gasteiger partial charge in [-0.1, -0.05) is 36.4 Å². The Morgan fingerprint density at radius 2 is 1.74 bits per heavy atom. The number of aromatic nitrogens is 2. The van der Waals surface area contributed by atoms with Gasteiger partial charge in [-0.05, 0) is 44.0 Å². The summed E-state index contributed by atoms with van der Waals surface area (Å²) < 4.78 is 51.5. The Hall–Kier alpha value is -4.22. The summed E-state index contributed by atoms with van der Waals surface area (Å²) in [5, 5.41) is 15.5. The SMILES string of the molecule is CC(C)(C)OC(=O)N1CCc2c3c(nn2-c2ccc(CC(F)(F)F)cc2O)CCN(C(=O)OCc2ccccc2)CC31. The molecule has 2 aliphatic heterocycles. The molecular weight excluding hydrogens is 553 g/mol. The Kier molecular flexibility index (Phi) is 7.82. The molecule has 0 aliphatic carbocycles. The van der Waals surface area contributed by atoms with Crippen molar-refractivity contribution in [1.82, 2.24) is 19.6 Å². The number of hydrogen-bond acceptors (Lipinski definition) is 6. The van der Waals surface area contributed by atoms with Crippen molar-refractivity contribution in [2.45, 2.75) is 64.5 Å². The molecule has 0 saturated heterocycles. The first-order valence-electron chi connectivity index (χ1n) is 13.7. The average Bonchev–Trinajstić information content (AvgIpc) is 3.15. The fraction of sp³-hybridized carbons (Fsp3) is 0.433. The Balaban J connectivity index is 1.47. The Morgan fingerprint density at radius 1 is 1.00 bits per heavy atom. The Morgan fingerprint density at radius 3 is 2.40 bits per heavy atom. The van der Waals surface area contributed by atoms with Crippen LogP contribution < -0.4 is 0 Å². The predicted molar refractivity (Wildman–Crippen MR) is 146 cm³/mol. The number of benzene rings is 2. The number of amides is 2. The minimum absolute atomic E-state index is 0.0650. The number of phenolic OH excluding ortho intramolecular Hbond substituents is 1. The van der Waals surface area contributed by atoms with Crippen molar-refractivity contribution < 1.29 is 37.3 Å². The molecule has 12 heteroatoms. The molecule has 2 amide bonds. The van der Waals surface area contributed by atoms with Gasteiger partial charge >= 0.3 is 18.4 Å². The molecule has 42 heavy (non-hydrogen) atoms. The van der Waals surface area contributed by atoms with E-state index in [4.69, 9.17) is 14.6 Å². The second-order valence-corrected chi connectivity index (χ2v) is 11.5. The number of alkyl halides is 3. The van der Waals surface area contributed by atoms with Crippen LogP contribution in [0, 0.1) is 0 Å². The minimum Gasteiger partial charge on any atom is -0.506 e. The third-order valence-corrected chi connectivity index (χ3v) is 7.17. The van der Waals surface area contributed by atoms with Gasteiger partial charge in [0.1, 0.15) is 23.6 Å². The molecule has 2 aliphatic rings. The lowest BCUT2D eigenvalue weighted by molar-refractivity contribution is -0.127. The van der Waals surface area contributed by atoms with Crippen LogP contribution in [-0.2, 0) is 35.3 Å². The Bertz CT molecular complexity index is 1470. The molecule has 0 bridgehead atoms. The van der Waals surface area contributed by atoms with Crippen LogP contribution in [0.25, 0.3) is 5.69 Å². The molecule has 0 spiro atoms. The summed E-state index contributed by atoms with van der Waals surface area (Å²) in [5.41, 5.74) is 2.36. The lowest BCUT2D eigenvalue weighted by atomic mass is 9.96. The van der Waals surface area contributed by atoms with Crippen molar-refractivity contribution in [3.8, 4) is 11.4 Å². The number of carbonyl (C=O) groups is 2. The molecule has 1 unspecified atom stereocenters. The van der Waals surface area contributed by atoms with E-state index < -0.39 is 36.4 Å². The number of nitrogens with zero attached hydrogens (tertiary/aromatic N) is 4. The highest BCUT2D eigenvalue weighted by atomic mass is 19.4. The lowest BCUT2D eigenvalue weighted by Crippen LogP contribution is -2.47. The number of carbonyl (C=O) groups excluding carboxylic acids is 2. The zero-order valence-corrected chi connectivity index (χ0v) is 23.6. The van der Waals surface area contributed by atoms with Crippen LogP contribution in [0.5, 0.6) is 5.75 Å². The summed E-state index contributed by atoms with van der Waals surface area (Å²) in [6.45, 7) is 6.07. The molecule has 9 nitrogen and oxygen atoms in total. The van der Waals surface area contributed by atoms with Crippen molar-refractivity contribution in [2.75, 3.05) is 19.6 Å². The van der Waals surface area contributed by atoms with Gasteiger partial charge in [-0.15, -0.1) is 0 Å². The largest absolute Gasteiger partial charge is 0.506 e. The molecule has 0 fully saturated rings. The van der Waals surface area contributed by atoms with E-state index >= 15 is 0 Å². The van der Waals surface area contributed by atoms with Crippen LogP contribution in [0.4, 0.5) is 22.8 Å². The smallest absolute Gasteiger partial charge is 0.410 e. The van der Waals surface area contributed by atoms with E-state index in [1.807, 2.05) is 30.3 Å². The summed E-state index contributed by atoms with van der Waals surface area (Å²) in [6, 6.07) is 12.5. The second kappa shape index (κ2) is 11.2. The van der Waals surface area contributed by atoms with Crippen LogP contribution >= 0.6 is 0 Å². The predicted octanol–water partition coefficient (Wildman–Crippen LogP) is 5.71. The van der Waals surface area contributed by atoms with Gasteiger partial charge in [-0.25, -0.2) is 14.3 Å². The Labute approximate surface area is 241 Å². The van der Waals surface area contributed by atoms with E-state index in [-0.39, 0.29) is 43.2 Å². The van der Waals surface area contributed by atoms with E-state index in [1.54, 1.807) is 35.3 Å². The van der Waals surface area contributed by atoms with Crippen LogP contribution in [0.2, 0.25) is 0 Å². The van der Waals surface area contributed by atoms with Crippen molar-refractivity contribution in [1.29, 1.82) is 0 Å². The standard InChI is InChI=1S/C30H33F3N4O5/c1-29(2,3)42-28(40)36-14-12-23-26-21(34-37(23)22-10-9-20(15-25(22)38)16-30(31,32)33)11-13-35(17-24(26)36)27(39)41-18-19-7-5-4-6-8-19/h4-10,15,24,38H,11-14,16-18H2,1-3H3. The molecule has 5 rings (SSSR count). The monoisotopic (exact) mass is 586 g/mol. The third kappa shape index (κ3) is 6.47. The van der Waals surface area contributed by atoms with Gasteiger partial charge < -0.3 is 19.5 Å². The number of phenols is 1. The van der Waals surface area contributed by atoms with Gasteiger partial charge in [0.25, 0.3) is 0 Å². The zero-order chi connectivity index (χ0) is 30.2. The van der Waals surface area contributed by atoms with Gasteiger partial charge in [0.05, 0.1) is 23.9 Å². The zero-order valence-electron chi connectivity index (χ0n) is 23.6. The van der Waals surface area contributed by atoms with Gasteiger partial charge in [0, 0.05) is 38.0 Å². The van der Waals surface area contributed by atoms with E-state index in [0.717, 1.165) is 17.2 Å². The first-order chi connectivity index (χ1) is 19.8. The second-order valence-electron chi connectivity index (χ2n) is 11.5. The molecule has 1 N–H and O–H groups in total. The quantitative estimate of drug-likeness (QED) is 0.421. The molecule has 2 aromatic carbocycles. The fourth-order valence-electron chi connectivity index (χ4n) is 5.40. The molecule has 224 valence electrons.